The van der Waals surface area contributed by atoms with Crippen molar-refractivity contribution in [1.29, 1.82) is 5.26 Å². The molecule has 8 aromatic carbocycles. The standard InChI is InChI=1S/C45H28N2/c46-29-32-15-12-22-40(45-38-20-6-4-18-36(38)44(30-13-2-1-3-14-30)37-19-5-7-21-39(37)45)43(32)31-25-27-33(28-26-31)47-41-23-10-8-16-34(41)35-17-9-11-24-42(35)47/h1-28H. The molecule has 0 saturated heterocycles. The van der Waals surface area contributed by atoms with Crippen LogP contribution in [-0.4, -0.2) is 4.57 Å². The van der Waals surface area contributed by atoms with E-state index in [0.717, 1.165) is 27.9 Å². The van der Waals surface area contributed by atoms with Crippen molar-refractivity contribution in [3.63, 3.8) is 0 Å². The quantitative estimate of drug-likeness (QED) is 0.186. The van der Waals surface area contributed by atoms with Crippen LogP contribution < -0.4 is 0 Å². The molecule has 0 amide bonds. The van der Waals surface area contributed by atoms with Crippen LogP contribution in [0.25, 0.3) is 82.4 Å². The lowest BCUT2D eigenvalue weighted by atomic mass is 9.83. The summed E-state index contributed by atoms with van der Waals surface area (Å²) < 4.78 is 2.33. The molecule has 2 heteroatoms. The summed E-state index contributed by atoms with van der Waals surface area (Å²) >= 11 is 0. The van der Waals surface area contributed by atoms with Gasteiger partial charge in [0.15, 0.2) is 0 Å². The maximum Gasteiger partial charge on any atom is 0.0998 e. The Morgan fingerprint density at radius 1 is 0.362 bits per heavy atom. The summed E-state index contributed by atoms with van der Waals surface area (Å²) in [6.07, 6.45) is 0. The second-order valence-electron chi connectivity index (χ2n) is 12.0. The summed E-state index contributed by atoms with van der Waals surface area (Å²) in [5.41, 5.74) is 10.7. The number of rotatable bonds is 4. The predicted octanol–water partition coefficient (Wildman–Crippen LogP) is 12.0. The molecule has 2 nitrogen and oxygen atoms in total. The summed E-state index contributed by atoms with van der Waals surface area (Å²) in [6, 6.07) is 62.5. The fraction of sp³-hybridized carbons (Fsp3) is 0. The Labute approximate surface area is 273 Å². The Kier molecular flexibility index (Phi) is 6.23. The lowest BCUT2D eigenvalue weighted by molar-refractivity contribution is 1.18. The summed E-state index contributed by atoms with van der Waals surface area (Å²) in [6.45, 7) is 0. The van der Waals surface area contributed by atoms with E-state index in [1.807, 2.05) is 12.1 Å². The SMILES string of the molecule is N#Cc1cccc(-c2c3ccccc3c(-c3ccccc3)c3ccccc23)c1-c1ccc(-n2c3ccccc3c3ccccc32)cc1. The monoisotopic (exact) mass is 596 g/mol. The van der Waals surface area contributed by atoms with Crippen molar-refractivity contribution in [2.75, 3.05) is 0 Å². The van der Waals surface area contributed by atoms with Gasteiger partial charge in [-0.1, -0.05) is 140 Å². The Hall–Kier alpha value is -6.43. The minimum atomic E-state index is 0.660. The first kappa shape index (κ1) is 26.9. The van der Waals surface area contributed by atoms with E-state index in [1.54, 1.807) is 0 Å². The highest BCUT2D eigenvalue weighted by Gasteiger charge is 2.21. The van der Waals surface area contributed by atoms with Crippen LogP contribution in [0.2, 0.25) is 0 Å². The van der Waals surface area contributed by atoms with Gasteiger partial charge < -0.3 is 4.57 Å². The molecular weight excluding hydrogens is 569 g/mol. The lowest BCUT2D eigenvalue weighted by Crippen LogP contribution is -1.96. The van der Waals surface area contributed by atoms with E-state index < -0.39 is 0 Å². The average Bonchev–Trinajstić information content (AvgIpc) is 3.48. The molecule has 0 radical (unpaired) electrons. The van der Waals surface area contributed by atoms with Gasteiger partial charge in [-0.05, 0) is 79.7 Å². The third kappa shape index (κ3) is 4.18. The second-order valence-corrected chi connectivity index (χ2v) is 12.0. The molecular formula is C45H28N2. The number of hydrogen-bond acceptors (Lipinski definition) is 1. The number of aromatic nitrogens is 1. The molecule has 0 N–H and O–H groups in total. The van der Waals surface area contributed by atoms with Gasteiger partial charge in [0, 0.05) is 22.0 Å². The van der Waals surface area contributed by atoms with E-state index in [1.165, 1.54) is 54.5 Å². The highest BCUT2D eigenvalue weighted by atomic mass is 15.0. The molecule has 9 rings (SSSR count). The Bertz CT molecular complexity index is 2560. The molecule has 218 valence electrons. The largest absolute Gasteiger partial charge is 0.309 e. The second kappa shape index (κ2) is 10.9. The molecule has 0 spiro atoms. The van der Waals surface area contributed by atoms with E-state index in [-0.39, 0.29) is 0 Å². The van der Waals surface area contributed by atoms with E-state index in [2.05, 4.69) is 168 Å². The highest BCUT2D eigenvalue weighted by molar-refractivity contribution is 6.22. The van der Waals surface area contributed by atoms with Crippen LogP contribution in [0.4, 0.5) is 0 Å². The van der Waals surface area contributed by atoms with E-state index in [0.29, 0.717) is 5.56 Å². The maximum atomic E-state index is 10.5. The van der Waals surface area contributed by atoms with Crippen molar-refractivity contribution in [3.8, 4) is 45.1 Å². The van der Waals surface area contributed by atoms with Gasteiger partial charge in [-0.25, -0.2) is 0 Å². The minimum Gasteiger partial charge on any atom is -0.309 e. The number of para-hydroxylation sites is 2. The van der Waals surface area contributed by atoms with Crippen LogP contribution in [0.15, 0.2) is 170 Å². The van der Waals surface area contributed by atoms with Crippen molar-refractivity contribution in [2.45, 2.75) is 0 Å². The molecule has 1 aromatic heterocycles. The molecule has 1 heterocycles. The predicted molar refractivity (Wildman–Crippen MR) is 197 cm³/mol. The normalized spacial score (nSPS) is 11.4. The summed E-state index contributed by atoms with van der Waals surface area (Å²) in [5, 5.41) is 17.7. The van der Waals surface area contributed by atoms with Gasteiger partial charge in [0.25, 0.3) is 0 Å². The van der Waals surface area contributed by atoms with Crippen molar-refractivity contribution < 1.29 is 0 Å². The zero-order chi connectivity index (χ0) is 31.3. The molecule has 0 saturated carbocycles. The average molecular weight is 597 g/mol. The van der Waals surface area contributed by atoms with Crippen LogP contribution in [0.5, 0.6) is 0 Å². The molecule has 0 bridgehead atoms. The first-order valence-corrected chi connectivity index (χ1v) is 15.9. The van der Waals surface area contributed by atoms with E-state index in [4.69, 9.17) is 0 Å². The molecule has 9 aromatic rings. The fourth-order valence-corrected chi connectivity index (χ4v) is 7.48. The summed E-state index contributed by atoms with van der Waals surface area (Å²) in [7, 11) is 0. The van der Waals surface area contributed by atoms with Gasteiger partial charge in [0.05, 0.1) is 22.7 Å². The molecule has 0 aliphatic carbocycles. The maximum absolute atomic E-state index is 10.5. The molecule has 0 atom stereocenters. The van der Waals surface area contributed by atoms with Gasteiger partial charge in [-0.15, -0.1) is 0 Å². The first-order valence-electron chi connectivity index (χ1n) is 15.9. The topological polar surface area (TPSA) is 28.7 Å². The molecule has 0 aliphatic heterocycles. The Morgan fingerprint density at radius 3 is 1.38 bits per heavy atom. The van der Waals surface area contributed by atoms with Crippen LogP contribution >= 0.6 is 0 Å². The van der Waals surface area contributed by atoms with Gasteiger partial charge in [0.1, 0.15) is 0 Å². The van der Waals surface area contributed by atoms with Crippen molar-refractivity contribution in [2.24, 2.45) is 0 Å². The molecule has 0 aliphatic rings. The minimum absolute atomic E-state index is 0.660. The summed E-state index contributed by atoms with van der Waals surface area (Å²) in [5.74, 6) is 0. The van der Waals surface area contributed by atoms with Crippen molar-refractivity contribution in [3.05, 3.63) is 175 Å². The Morgan fingerprint density at radius 2 is 0.830 bits per heavy atom. The van der Waals surface area contributed by atoms with Gasteiger partial charge in [-0.2, -0.15) is 5.26 Å². The van der Waals surface area contributed by atoms with Gasteiger partial charge >= 0.3 is 0 Å². The molecule has 0 fully saturated rings. The smallest absolute Gasteiger partial charge is 0.0998 e. The highest BCUT2D eigenvalue weighted by Crippen LogP contribution is 2.46. The number of fused-ring (bicyclic) bond motifs is 5. The summed E-state index contributed by atoms with van der Waals surface area (Å²) in [4.78, 5) is 0. The zero-order valence-electron chi connectivity index (χ0n) is 25.6. The number of nitrogens with zero attached hydrogens (tertiary/aromatic N) is 2. The van der Waals surface area contributed by atoms with E-state index >= 15 is 0 Å². The number of nitriles is 1. The third-order valence-electron chi connectivity index (χ3n) is 9.44. The van der Waals surface area contributed by atoms with Crippen LogP contribution in [0.1, 0.15) is 5.56 Å². The van der Waals surface area contributed by atoms with Crippen LogP contribution in [-0.2, 0) is 0 Å². The van der Waals surface area contributed by atoms with Gasteiger partial charge in [-0.3, -0.25) is 0 Å². The molecule has 0 unspecified atom stereocenters. The van der Waals surface area contributed by atoms with Crippen molar-refractivity contribution >= 4 is 43.4 Å². The fourth-order valence-electron chi connectivity index (χ4n) is 7.48. The van der Waals surface area contributed by atoms with Gasteiger partial charge in [0.2, 0.25) is 0 Å². The van der Waals surface area contributed by atoms with Crippen LogP contribution in [0, 0.1) is 11.3 Å². The van der Waals surface area contributed by atoms with Crippen molar-refractivity contribution in [1.82, 2.24) is 4.57 Å². The molecule has 47 heavy (non-hydrogen) atoms. The number of benzene rings is 8. The third-order valence-corrected chi connectivity index (χ3v) is 9.44. The van der Waals surface area contributed by atoms with E-state index in [9.17, 15) is 5.26 Å². The first-order chi connectivity index (χ1) is 23.3. The number of hydrogen-bond donors (Lipinski definition) is 0. The lowest BCUT2D eigenvalue weighted by Gasteiger charge is -2.20. The van der Waals surface area contributed by atoms with Crippen LogP contribution in [0.3, 0.4) is 0 Å². The Balaban J connectivity index is 1.30. The zero-order valence-corrected chi connectivity index (χ0v) is 25.6.